The number of benzene rings is 1. The van der Waals surface area contributed by atoms with Gasteiger partial charge < -0.3 is 14.7 Å². The molecule has 1 N–H and O–H groups in total. The van der Waals surface area contributed by atoms with Crippen LogP contribution >= 0.6 is 0 Å². The Bertz CT molecular complexity index is 724. The summed E-state index contributed by atoms with van der Waals surface area (Å²) in [7, 11) is 0. The smallest absolute Gasteiger partial charge is 0.136 e. The Morgan fingerprint density at radius 1 is 1.17 bits per heavy atom. The molecule has 0 unspecified atom stereocenters. The van der Waals surface area contributed by atoms with Gasteiger partial charge in [-0.05, 0) is 31.4 Å². The number of rotatable bonds is 1. The lowest BCUT2D eigenvalue weighted by Gasteiger charge is -2.32. The summed E-state index contributed by atoms with van der Waals surface area (Å²) in [6.07, 6.45) is 2.20. The largest absolute Gasteiger partial charge is 0.487 e. The maximum absolute atomic E-state index is 9.76. The number of hydrogen-bond donors (Lipinski definition) is 1. The molecule has 5 nitrogen and oxygen atoms in total. The van der Waals surface area contributed by atoms with Gasteiger partial charge in [-0.25, -0.2) is 9.97 Å². The summed E-state index contributed by atoms with van der Waals surface area (Å²) in [5.74, 6) is 2.72. The van der Waals surface area contributed by atoms with E-state index in [1.165, 1.54) is 5.56 Å². The molecule has 0 saturated carbocycles. The van der Waals surface area contributed by atoms with E-state index in [1.807, 2.05) is 25.1 Å². The lowest BCUT2D eigenvalue weighted by atomic mass is 10.0. The second-order valence-corrected chi connectivity index (χ2v) is 6.31. The molecule has 2 aliphatic rings. The third-order valence-corrected chi connectivity index (χ3v) is 4.65. The average molecular weight is 311 g/mol. The Hall–Kier alpha value is -2.14. The lowest BCUT2D eigenvalue weighted by molar-refractivity contribution is 0.145. The second kappa shape index (κ2) is 5.81. The number of anilines is 1. The third kappa shape index (κ3) is 2.77. The highest BCUT2D eigenvalue weighted by Crippen LogP contribution is 2.33. The Balaban J connectivity index is 1.76. The van der Waals surface area contributed by atoms with Gasteiger partial charge in [-0.15, -0.1) is 0 Å². The fourth-order valence-corrected chi connectivity index (χ4v) is 3.40. The Kier molecular flexibility index (Phi) is 3.65. The molecule has 5 heteroatoms. The molecule has 1 aromatic carbocycles. The van der Waals surface area contributed by atoms with Crippen molar-refractivity contribution in [3.8, 4) is 5.75 Å². The number of aryl methyl sites for hydroxylation is 1. The van der Waals surface area contributed by atoms with E-state index in [1.54, 1.807) is 0 Å². The predicted molar refractivity (Wildman–Crippen MR) is 87.8 cm³/mol. The van der Waals surface area contributed by atoms with Crippen molar-refractivity contribution in [1.82, 2.24) is 9.97 Å². The SMILES string of the molecule is Cc1nc2c(c(N3CCC(O)CC3)n1)Cc1ccccc1OC2. The highest BCUT2D eigenvalue weighted by Gasteiger charge is 2.25. The van der Waals surface area contributed by atoms with Gasteiger partial charge in [0.15, 0.2) is 0 Å². The number of para-hydroxylation sites is 1. The molecule has 23 heavy (non-hydrogen) atoms. The van der Waals surface area contributed by atoms with Crippen LogP contribution in [0.3, 0.4) is 0 Å². The Morgan fingerprint density at radius 3 is 2.78 bits per heavy atom. The third-order valence-electron chi connectivity index (χ3n) is 4.65. The molecule has 0 radical (unpaired) electrons. The minimum atomic E-state index is -0.183. The van der Waals surface area contributed by atoms with E-state index in [0.717, 1.165) is 61.0 Å². The van der Waals surface area contributed by atoms with E-state index in [-0.39, 0.29) is 6.10 Å². The Labute approximate surface area is 136 Å². The average Bonchev–Trinajstić information content (AvgIpc) is 2.74. The van der Waals surface area contributed by atoms with Crippen LogP contribution in [0.2, 0.25) is 0 Å². The van der Waals surface area contributed by atoms with Crippen molar-refractivity contribution in [3.05, 3.63) is 46.9 Å². The predicted octanol–water partition coefficient (Wildman–Crippen LogP) is 2.23. The molecule has 1 fully saturated rings. The van der Waals surface area contributed by atoms with Crippen molar-refractivity contribution in [2.24, 2.45) is 0 Å². The summed E-state index contributed by atoms with van der Waals surface area (Å²) in [6.45, 7) is 4.10. The van der Waals surface area contributed by atoms with Crippen LogP contribution in [0.25, 0.3) is 0 Å². The van der Waals surface area contributed by atoms with Gasteiger partial charge in [0.05, 0.1) is 11.8 Å². The maximum atomic E-state index is 9.76. The molecule has 120 valence electrons. The summed E-state index contributed by atoms with van der Waals surface area (Å²) in [5, 5.41) is 9.76. The van der Waals surface area contributed by atoms with Crippen LogP contribution in [0.5, 0.6) is 5.75 Å². The highest BCUT2D eigenvalue weighted by molar-refractivity contribution is 5.54. The van der Waals surface area contributed by atoms with Crippen LogP contribution in [0.1, 0.15) is 35.5 Å². The van der Waals surface area contributed by atoms with Crippen LogP contribution in [0, 0.1) is 6.92 Å². The van der Waals surface area contributed by atoms with E-state index < -0.39 is 0 Å². The number of hydrogen-bond acceptors (Lipinski definition) is 5. The van der Waals surface area contributed by atoms with Crippen molar-refractivity contribution in [3.63, 3.8) is 0 Å². The highest BCUT2D eigenvalue weighted by atomic mass is 16.5. The van der Waals surface area contributed by atoms with Gasteiger partial charge in [0.2, 0.25) is 0 Å². The van der Waals surface area contributed by atoms with Gasteiger partial charge in [0.25, 0.3) is 0 Å². The zero-order valence-electron chi connectivity index (χ0n) is 13.3. The maximum Gasteiger partial charge on any atom is 0.136 e. The van der Waals surface area contributed by atoms with E-state index in [0.29, 0.717) is 6.61 Å². The van der Waals surface area contributed by atoms with E-state index in [9.17, 15) is 5.11 Å². The zero-order valence-corrected chi connectivity index (χ0v) is 13.3. The summed E-state index contributed by atoms with van der Waals surface area (Å²) in [5.41, 5.74) is 3.32. The van der Waals surface area contributed by atoms with E-state index in [4.69, 9.17) is 9.72 Å². The fraction of sp³-hybridized carbons (Fsp3) is 0.444. The van der Waals surface area contributed by atoms with Crippen LogP contribution in [0.4, 0.5) is 5.82 Å². The first-order chi connectivity index (χ1) is 11.2. The normalized spacial score (nSPS) is 17.9. The topological polar surface area (TPSA) is 58.5 Å². The van der Waals surface area contributed by atoms with Crippen molar-refractivity contribution >= 4 is 5.82 Å². The summed E-state index contributed by atoms with van der Waals surface area (Å²) in [4.78, 5) is 11.6. The standard InChI is InChI=1S/C18H21N3O2/c1-12-19-16-11-23-17-5-3-2-4-13(17)10-15(16)18(20-12)21-8-6-14(22)7-9-21/h2-5,14,22H,6-11H2,1H3. The van der Waals surface area contributed by atoms with Crippen LogP contribution < -0.4 is 9.64 Å². The molecule has 0 spiro atoms. The molecule has 0 bridgehead atoms. The second-order valence-electron chi connectivity index (χ2n) is 6.31. The first-order valence-electron chi connectivity index (χ1n) is 8.21. The molecule has 1 aromatic heterocycles. The molecule has 0 aliphatic carbocycles. The molecule has 2 aliphatic heterocycles. The summed E-state index contributed by atoms with van der Waals surface area (Å²) < 4.78 is 5.94. The molecule has 4 rings (SSSR count). The molecule has 3 heterocycles. The van der Waals surface area contributed by atoms with Crippen LogP contribution in [0.15, 0.2) is 24.3 Å². The van der Waals surface area contributed by atoms with Crippen molar-refractivity contribution in [2.75, 3.05) is 18.0 Å². The quantitative estimate of drug-likeness (QED) is 0.875. The van der Waals surface area contributed by atoms with Crippen LogP contribution in [-0.4, -0.2) is 34.3 Å². The number of nitrogens with zero attached hydrogens (tertiary/aromatic N) is 3. The number of ether oxygens (including phenoxy) is 1. The number of aliphatic hydroxyl groups excluding tert-OH is 1. The van der Waals surface area contributed by atoms with Gasteiger partial charge in [0, 0.05) is 25.1 Å². The van der Waals surface area contributed by atoms with Gasteiger partial charge >= 0.3 is 0 Å². The van der Waals surface area contributed by atoms with E-state index in [2.05, 4.69) is 16.0 Å². The number of aliphatic hydroxyl groups is 1. The lowest BCUT2D eigenvalue weighted by Crippen LogP contribution is -2.37. The number of piperidine rings is 1. The number of aromatic nitrogens is 2. The van der Waals surface area contributed by atoms with Crippen molar-refractivity contribution < 1.29 is 9.84 Å². The zero-order chi connectivity index (χ0) is 15.8. The molecule has 0 amide bonds. The summed E-state index contributed by atoms with van der Waals surface area (Å²) in [6, 6.07) is 8.16. The number of fused-ring (bicyclic) bond motifs is 2. The Morgan fingerprint density at radius 2 is 1.96 bits per heavy atom. The first kappa shape index (κ1) is 14.5. The fourth-order valence-electron chi connectivity index (χ4n) is 3.40. The van der Waals surface area contributed by atoms with Crippen LogP contribution in [-0.2, 0) is 13.0 Å². The summed E-state index contributed by atoms with van der Waals surface area (Å²) >= 11 is 0. The van der Waals surface area contributed by atoms with E-state index >= 15 is 0 Å². The van der Waals surface area contributed by atoms with Gasteiger partial charge in [-0.3, -0.25) is 0 Å². The molecule has 2 aromatic rings. The van der Waals surface area contributed by atoms with Crippen molar-refractivity contribution in [2.45, 2.75) is 38.9 Å². The molecular formula is C18H21N3O2. The molecular weight excluding hydrogens is 290 g/mol. The van der Waals surface area contributed by atoms with Gasteiger partial charge in [0.1, 0.15) is 24.0 Å². The molecule has 1 saturated heterocycles. The van der Waals surface area contributed by atoms with Crippen molar-refractivity contribution in [1.29, 1.82) is 0 Å². The monoisotopic (exact) mass is 311 g/mol. The molecule has 0 atom stereocenters. The van der Waals surface area contributed by atoms with Gasteiger partial charge in [-0.1, -0.05) is 18.2 Å². The minimum absolute atomic E-state index is 0.183. The first-order valence-corrected chi connectivity index (χ1v) is 8.21. The minimum Gasteiger partial charge on any atom is -0.487 e. The van der Waals surface area contributed by atoms with Gasteiger partial charge in [-0.2, -0.15) is 0 Å².